The first-order chi connectivity index (χ1) is 15.4. The van der Waals surface area contributed by atoms with Gasteiger partial charge in [0, 0.05) is 31.7 Å². The molecule has 32 heavy (non-hydrogen) atoms. The number of carbonyl (C=O) groups excluding carboxylic acids is 2. The third-order valence-corrected chi connectivity index (χ3v) is 5.39. The molecule has 1 aromatic carbocycles. The van der Waals surface area contributed by atoms with Crippen molar-refractivity contribution in [1.82, 2.24) is 20.7 Å². The number of rotatable bonds is 8. The van der Waals surface area contributed by atoms with Gasteiger partial charge < -0.3 is 15.3 Å². The van der Waals surface area contributed by atoms with Crippen LogP contribution in [0.1, 0.15) is 42.4 Å². The van der Waals surface area contributed by atoms with Gasteiger partial charge in [-0.25, -0.2) is 15.2 Å². The standard InChI is InChI=1S/C23H29N5O4/c1-16-9-11-25-20(12-16)24-10-5-4-8-21(29)26-27-23(32)28-15-18-7-3-2-6-17(18)13-19(28)14-22(30)31/h2-3,6-7,9,11-12,19H,4-5,8,10,13-15H2,1H3,(H,24,25)(H,26,29)(H,27,32)(H,30,31). The van der Waals surface area contributed by atoms with Gasteiger partial charge in [0.2, 0.25) is 5.91 Å². The van der Waals surface area contributed by atoms with Gasteiger partial charge in [-0.05, 0) is 55.0 Å². The molecule has 1 atom stereocenters. The summed E-state index contributed by atoms with van der Waals surface area (Å²) in [5, 5.41) is 12.4. The predicted molar refractivity (Wildman–Crippen MR) is 120 cm³/mol. The van der Waals surface area contributed by atoms with Crippen molar-refractivity contribution in [2.24, 2.45) is 0 Å². The van der Waals surface area contributed by atoms with E-state index in [4.69, 9.17) is 0 Å². The van der Waals surface area contributed by atoms with Crippen molar-refractivity contribution < 1.29 is 19.5 Å². The van der Waals surface area contributed by atoms with Crippen LogP contribution in [0.2, 0.25) is 0 Å². The highest BCUT2D eigenvalue weighted by atomic mass is 16.4. The first-order valence-electron chi connectivity index (χ1n) is 10.7. The molecule has 0 aliphatic carbocycles. The number of nitrogens with zero attached hydrogens (tertiary/aromatic N) is 2. The van der Waals surface area contributed by atoms with Gasteiger partial charge in [0.15, 0.2) is 0 Å². The van der Waals surface area contributed by atoms with Gasteiger partial charge in [-0.15, -0.1) is 0 Å². The van der Waals surface area contributed by atoms with Crippen LogP contribution in [0, 0.1) is 6.92 Å². The Morgan fingerprint density at radius 2 is 1.91 bits per heavy atom. The third-order valence-electron chi connectivity index (χ3n) is 5.39. The lowest BCUT2D eigenvalue weighted by Crippen LogP contribution is -2.54. The molecule has 1 unspecified atom stereocenters. The summed E-state index contributed by atoms with van der Waals surface area (Å²) in [5.74, 6) is -0.453. The molecule has 0 spiro atoms. The van der Waals surface area contributed by atoms with Gasteiger partial charge in [-0.3, -0.25) is 15.0 Å². The zero-order valence-corrected chi connectivity index (χ0v) is 18.1. The smallest absolute Gasteiger partial charge is 0.336 e. The molecule has 1 aliphatic heterocycles. The topological polar surface area (TPSA) is 124 Å². The zero-order chi connectivity index (χ0) is 22.9. The zero-order valence-electron chi connectivity index (χ0n) is 18.1. The second-order valence-corrected chi connectivity index (χ2v) is 7.93. The van der Waals surface area contributed by atoms with Crippen LogP contribution in [0.15, 0.2) is 42.6 Å². The maximum Gasteiger partial charge on any atom is 0.336 e. The van der Waals surface area contributed by atoms with Crippen molar-refractivity contribution >= 4 is 23.7 Å². The SMILES string of the molecule is Cc1ccnc(NCCCCC(=O)NNC(=O)N2Cc3ccccc3CC2CC(=O)O)c1. The number of carboxylic acid groups (broad SMARTS) is 1. The van der Waals surface area contributed by atoms with Crippen LogP contribution in [-0.4, -0.2) is 45.5 Å². The normalized spacial score (nSPS) is 14.9. The van der Waals surface area contributed by atoms with E-state index in [0.717, 1.165) is 28.9 Å². The summed E-state index contributed by atoms with van der Waals surface area (Å²) < 4.78 is 0. The van der Waals surface area contributed by atoms with Gasteiger partial charge in [0.05, 0.1) is 6.42 Å². The summed E-state index contributed by atoms with van der Waals surface area (Å²) in [7, 11) is 0. The van der Waals surface area contributed by atoms with Crippen molar-refractivity contribution in [3.05, 3.63) is 59.3 Å². The number of amides is 3. The second-order valence-electron chi connectivity index (χ2n) is 7.93. The van der Waals surface area contributed by atoms with Gasteiger partial charge >= 0.3 is 12.0 Å². The van der Waals surface area contributed by atoms with E-state index in [2.05, 4.69) is 21.2 Å². The van der Waals surface area contributed by atoms with E-state index >= 15 is 0 Å². The number of aryl methyl sites for hydroxylation is 1. The summed E-state index contributed by atoms with van der Waals surface area (Å²) in [5.41, 5.74) is 8.01. The molecule has 0 bridgehead atoms. The van der Waals surface area contributed by atoms with Crippen molar-refractivity contribution in [3.8, 4) is 0 Å². The highest BCUT2D eigenvalue weighted by molar-refractivity contribution is 5.81. The fourth-order valence-electron chi connectivity index (χ4n) is 3.73. The molecule has 0 fully saturated rings. The van der Waals surface area contributed by atoms with Crippen molar-refractivity contribution in [1.29, 1.82) is 0 Å². The number of unbranched alkanes of at least 4 members (excludes halogenated alkanes) is 1. The van der Waals surface area contributed by atoms with Gasteiger partial charge in [0.1, 0.15) is 5.82 Å². The minimum atomic E-state index is -0.967. The number of hydrogen-bond acceptors (Lipinski definition) is 5. The maximum absolute atomic E-state index is 12.7. The lowest BCUT2D eigenvalue weighted by Gasteiger charge is -2.36. The highest BCUT2D eigenvalue weighted by Gasteiger charge is 2.31. The Morgan fingerprint density at radius 1 is 1.12 bits per heavy atom. The minimum Gasteiger partial charge on any atom is -0.481 e. The Hall–Kier alpha value is -3.62. The summed E-state index contributed by atoms with van der Waals surface area (Å²) >= 11 is 0. The number of carboxylic acids is 1. The van der Waals surface area contributed by atoms with E-state index in [1.165, 1.54) is 4.90 Å². The minimum absolute atomic E-state index is 0.154. The number of aliphatic carboxylic acids is 1. The van der Waals surface area contributed by atoms with E-state index in [0.29, 0.717) is 25.9 Å². The molecule has 4 N–H and O–H groups in total. The number of anilines is 1. The number of fused-ring (bicyclic) bond motifs is 1. The quantitative estimate of drug-likeness (QED) is 0.370. The van der Waals surface area contributed by atoms with Crippen LogP contribution in [0.4, 0.5) is 10.6 Å². The molecule has 9 nitrogen and oxygen atoms in total. The predicted octanol–water partition coefficient (Wildman–Crippen LogP) is 2.61. The molecule has 3 rings (SSSR count). The van der Waals surface area contributed by atoms with E-state index in [1.54, 1.807) is 6.20 Å². The summed E-state index contributed by atoms with van der Waals surface area (Å²) in [6, 6.07) is 10.6. The average molecular weight is 440 g/mol. The molecular weight excluding hydrogens is 410 g/mol. The Labute approximate surface area is 187 Å². The van der Waals surface area contributed by atoms with Crippen LogP contribution >= 0.6 is 0 Å². The summed E-state index contributed by atoms with van der Waals surface area (Å²) in [4.78, 5) is 41.7. The fourth-order valence-corrected chi connectivity index (χ4v) is 3.73. The van der Waals surface area contributed by atoms with Gasteiger partial charge in [0.25, 0.3) is 0 Å². The van der Waals surface area contributed by atoms with Crippen LogP contribution in [0.5, 0.6) is 0 Å². The monoisotopic (exact) mass is 439 g/mol. The number of aromatic nitrogens is 1. The van der Waals surface area contributed by atoms with Crippen LogP contribution in [-0.2, 0) is 22.6 Å². The molecule has 170 valence electrons. The number of hydrogen-bond donors (Lipinski definition) is 4. The molecule has 2 aromatic rings. The molecular formula is C23H29N5O4. The Bertz CT molecular complexity index is 965. The second kappa shape index (κ2) is 11.1. The van der Waals surface area contributed by atoms with Gasteiger partial charge in [-0.1, -0.05) is 24.3 Å². The Balaban J connectivity index is 1.41. The first-order valence-corrected chi connectivity index (χ1v) is 10.7. The Kier molecular flexibility index (Phi) is 8.02. The van der Waals surface area contributed by atoms with E-state index in [1.807, 2.05) is 43.3 Å². The first kappa shape index (κ1) is 23.1. The van der Waals surface area contributed by atoms with Crippen LogP contribution < -0.4 is 16.2 Å². The summed E-state index contributed by atoms with van der Waals surface area (Å²) in [6.07, 6.45) is 3.76. The number of hydrazine groups is 1. The lowest BCUT2D eigenvalue weighted by atomic mass is 9.92. The largest absolute Gasteiger partial charge is 0.481 e. The summed E-state index contributed by atoms with van der Waals surface area (Å²) in [6.45, 7) is 2.99. The molecule has 0 saturated carbocycles. The number of pyridine rings is 1. The number of nitrogens with one attached hydrogen (secondary N) is 3. The van der Waals surface area contributed by atoms with Crippen molar-refractivity contribution in [2.75, 3.05) is 11.9 Å². The number of carbonyl (C=O) groups is 3. The maximum atomic E-state index is 12.7. The highest BCUT2D eigenvalue weighted by Crippen LogP contribution is 2.25. The van der Waals surface area contributed by atoms with E-state index < -0.39 is 18.0 Å². The Morgan fingerprint density at radius 3 is 2.66 bits per heavy atom. The molecule has 2 heterocycles. The molecule has 1 aliphatic rings. The molecule has 0 saturated heterocycles. The molecule has 0 radical (unpaired) electrons. The van der Waals surface area contributed by atoms with Crippen LogP contribution in [0.25, 0.3) is 0 Å². The van der Waals surface area contributed by atoms with Crippen molar-refractivity contribution in [2.45, 2.75) is 51.6 Å². The average Bonchev–Trinajstić information content (AvgIpc) is 2.76. The number of urea groups is 1. The van der Waals surface area contributed by atoms with Crippen LogP contribution in [0.3, 0.4) is 0 Å². The molecule has 9 heteroatoms. The van der Waals surface area contributed by atoms with E-state index in [9.17, 15) is 19.5 Å². The molecule has 1 aromatic heterocycles. The lowest BCUT2D eigenvalue weighted by molar-refractivity contribution is -0.138. The molecule has 3 amide bonds. The van der Waals surface area contributed by atoms with Gasteiger partial charge in [-0.2, -0.15) is 0 Å². The third kappa shape index (κ3) is 6.69. The van der Waals surface area contributed by atoms with E-state index in [-0.39, 0.29) is 18.7 Å². The number of benzene rings is 1. The fraction of sp³-hybridized carbons (Fsp3) is 0.391. The van der Waals surface area contributed by atoms with Crippen molar-refractivity contribution in [3.63, 3.8) is 0 Å².